The first-order valence-electron chi connectivity index (χ1n) is 5.79. The van der Waals surface area contributed by atoms with Gasteiger partial charge >= 0.3 is 5.97 Å². The fourth-order valence-corrected chi connectivity index (χ4v) is 1.48. The molecule has 0 bridgehead atoms. The van der Waals surface area contributed by atoms with E-state index in [9.17, 15) is 19.7 Å². The van der Waals surface area contributed by atoms with Crippen molar-refractivity contribution >= 4 is 35.7 Å². The summed E-state index contributed by atoms with van der Waals surface area (Å²) >= 11 is 0. The van der Waals surface area contributed by atoms with Crippen LogP contribution in [0.25, 0.3) is 0 Å². The van der Waals surface area contributed by atoms with Crippen LogP contribution in [0.2, 0.25) is 0 Å². The van der Waals surface area contributed by atoms with E-state index in [4.69, 9.17) is 5.11 Å². The zero-order chi connectivity index (χ0) is 15.3. The van der Waals surface area contributed by atoms with Crippen molar-refractivity contribution in [3.05, 3.63) is 34.4 Å². The summed E-state index contributed by atoms with van der Waals surface area (Å²) in [6.45, 7) is 1.26. The van der Waals surface area contributed by atoms with Gasteiger partial charge in [0.25, 0.3) is 5.69 Å². The van der Waals surface area contributed by atoms with E-state index in [0.717, 1.165) is 0 Å². The normalized spacial score (nSPS) is 11.4. The van der Waals surface area contributed by atoms with Crippen molar-refractivity contribution in [2.75, 3.05) is 18.9 Å². The van der Waals surface area contributed by atoms with Crippen molar-refractivity contribution in [1.82, 2.24) is 4.90 Å². The Hall–Kier alpha value is -2.19. The average Bonchev–Trinajstić information content (AvgIpc) is 2.37. The predicted octanol–water partition coefficient (Wildman–Crippen LogP) is 1.36. The van der Waals surface area contributed by atoms with Gasteiger partial charge < -0.3 is 10.4 Å². The van der Waals surface area contributed by atoms with E-state index in [-0.39, 0.29) is 30.3 Å². The number of nitro groups is 1. The van der Waals surface area contributed by atoms with Gasteiger partial charge in [-0.15, -0.1) is 12.4 Å². The van der Waals surface area contributed by atoms with Gasteiger partial charge in [0.1, 0.15) is 11.7 Å². The van der Waals surface area contributed by atoms with Crippen LogP contribution in [0, 0.1) is 10.1 Å². The topological polar surface area (TPSA) is 113 Å². The van der Waals surface area contributed by atoms with Gasteiger partial charge in [-0.05, 0) is 20.0 Å². The molecule has 116 valence electrons. The summed E-state index contributed by atoms with van der Waals surface area (Å²) < 4.78 is 0. The van der Waals surface area contributed by atoms with Crippen LogP contribution in [0.3, 0.4) is 0 Å². The molecule has 0 heterocycles. The lowest BCUT2D eigenvalue weighted by molar-refractivity contribution is -0.383. The van der Waals surface area contributed by atoms with Crippen molar-refractivity contribution < 1.29 is 19.6 Å². The zero-order valence-electron chi connectivity index (χ0n) is 11.5. The van der Waals surface area contributed by atoms with Crippen LogP contribution >= 0.6 is 12.4 Å². The summed E-state index contributed by atoms with van der Waals surface area (Å²) in [4.78, 5) is 34.0. The fraction of sp³-hybridized carbons (Fsp3) is 0.333. The molecule has 0 saturated heterocycles. The number of carbonyl (C=O) groups is 2. The number of anilines is 1. The van der Waals surface area contributed by atoms with E-state index in [1.807, 2.05) is 0 Å². The number of benzene rings is 1. The number of aliphatic carboxylic acids is 1. The number of carbonyl (C=O) groups excluding carboxylic acids is 1. The van der Waals surface area contributed by atoms with E-state index in [1.165, 1.54) is 37.1 Å². The second-order valence-electron chi connectivity index (χ2n) is 4.25. The number of halogens is 1. The van der Waals surface area contributed by atoms with Gasteiger partial charge in [0.05, 0.1) is 11.5 Å². The summed E-state index contributed by atoms with van der Waals surface area (Å²) in [7, 11) is 1.48. The van der Waals surface area contributed by atoms with Gasteiger partial charge in [-0.25, -0.2) is 0 Å². The van der Waals surface area contributed by atoms with Gasteiger partial charge in [0.15, 0.2) is 0 Å². The molecular weight excluding hydrogens is 302 g/mol. The van der Waals surface area contributed by atoms with Gasteiger partial charge in [0, 0.05) is 6.07 Å². The minimum Gasteiger partial charge on any atom is -0.480 e. The highest BCUT2D eigenvalue weighted by molar-refractivity contribution is 5.94. The monoisotopic (exact) mass is 317 g/mol. The van der Waals surface area contributed by atoms with Crippen molar-refractivity contribution in [1.29, 1.82) is 0 Å². The third kappa shape index (κ3) is 5.36. The van der Waals surface area contributed by atoms with Crippen LogP contribution in [0.4, 0.5) is 11.4 Å². The molecule has 0 radical (unpaired) electrons. The molecule has 1 aromatic carbocycles. The lowest BCUT2D eigenvalue weighted by Crippen LogP contribution is -2.40. The highest BCUT2D eigenvalue weighted by Gasteiger charge is 2.20. The Morgan fingerprint density at radius 1 is 1.43 bits per heavy atom. The van der Waals surface area contributed by atoms with E-state index in [1.54, 1.807) is 6.07 Å². The van der Waals surface area contributed by atoms with Crippen LogP contribution in [0.5, 0.6) is 0 Å². The quantitative estimate of drug-likeness (QED) is 0.605. The van der Waals surface area contributed by atoms with Crippen molar-refractivity contribution in [2.24, 2.45) is 0 Å². The minimum atomic E-state index is -1.05. The lowest BCUT2D eigenvalue weighted by Gasteiger charge is -2.20. The number of amides is 1. The summed E-state index contributed by atoms with van der Waals surface area (Å²) in [5.74, 6) is -1.57. The first-order valence-corrected chi connectivity index (χ1v) is 5.79. The number of para-hydroxylation sites is 2. The van der Waals surface area contributed by atoms with E-state index >= 15 is 0 Å². The Balaban J connectivity index is 0.00000400. The predicted molar refractivity (Wildman–Crippen MR) is 78.7 cm³/mol. The first kappa shape index (κ1) is 18.8. The average molecular weight is 318 g/mol. The number of carboxylic acids is 1. The maximum absolute atomic E-state index is 11.8. The van der Waals surface area contributed by atoms with Crippen molar-refractivity contribution in [2.45, 2.75) is 13.0 Å². The molecule has 0 saturated carbocycles. The number of likely N-dealkylation sites (N-methyl/N-ethyl adjacent to an activating group) is 1. The zero-order valence-corrected chi connectivity index (χ0v) is 12.3. The Bertz CT molecular complexity index is 537. The molecule has 1 atom stereocenters. The van der Waals surface area contributed by atoms with Gasteiger partial charge in [-0.3, -0.25) is 24.6 Å². The molecule has 0 aliphatic rings. The fourth-order valence-electron chi connectivity index (χ4n) is 1.48. The third-order valence-corrected chi connectivity index (χ3v) is 2.79. The van der Waals surface area contributed by atoms with Crippen LogP contribution in [0.1, 0.15) is 6.92 Å². The summed E-state index contributed by atoms with van der Waals surface area (Å²) in [5, 5.41) is 22.0. The smallest absolute Gasteiger partial charge is 0.320 e. The number of nitrogens with one attached hydrogen (secondary N) is 1. The molecule has 1 amide bonds. The molecule has 2 N–H and O–H groups in total. The molecule has 1 rings (SSSR count). The second kappa shape index (κ2) is 8.18. The molecule has 0 fully saturated rings. The molecule has 9 heteroatoms. The number of hydrogen-bond donors (Lipinski definition) is 2. The molecule has 1 unspecified atom stereocenters. The molecule has 1 aromatic rings. The number of hydrogen-bond acceptors (Lipinski definition) is 5. The Labute approximate surface area is 127 Å². The van der Waals surface area contributed by atoms with Crippen LogP contribution < -0.4 is 5.32 Å². The number of nitrogens with zero attached hydrogens (tertiary/aromatic N) is 2. The standard InChI is InChI=1S/C12H15N3O5.ClH/c1-8(12(17)18)14(2)7-11(16)13-9-5-3-4-6-10(9)15(19)20;/h3-6,8H,7H2,1-2H3,(H,13,16)(H,17,18);1H. The Morgan fingerprint density at radius 3 is 2.52 bits per heavy atom. The summed E-state index contributed by atoms with van der Waals surface area (Å²) in [5.41, 5.74) is -0.131. The molecule has 0 aromatic heterocycles. The number of rotatable bonds is 6. The molecule has 21 heavy (non-hydrogen) atoms. The van der Waals surface area contributed by atoms with Crippen molar-refractivity contribution in [3.63, 3.8) is 0 Å². The second-order valence-corrected chi connectivity index (χ2v) is 4.25. The number of nitro benzene ring substituents is 1. The molecule has 0 aliphatic carbocycles. The Kier molecular flexibility index (Phi) is 7.32. The highest BCUT2D eigenvalue weighted by Crippen LogP contribution is 2.22. The van der Waals surface area contributed by atoms with Crippen LogP contribution in [0.15, 0.2) is 24.3 Å². The molecule has 8 nitrogen and oxygen atoms in total. The van der Waals surface area contributed by atoms with Gasteiger partial charge in [0.2, 0.25) is 5.91 Å². The summed E-state index contributed by atoms with van der Waals surface area (Å²) in [6.07, 6.45) is 0. The maximum atomic E-state index is 11.8. The van der Waals surface area contributed by atoms with Gasteiger partial charge in [-0.1, -0.05) is 12.1 Å². The van der Waals surface area contributed by atoms with E-state index in [0.29, 0.717) is 0 Å². The first-order chi connectivity index (χ1) is 9.32. The lowest BCUT2D eigenvalue weighted by atomic mass is 10.2. The van der Waals surface area contributed by atoms with Crippen molar-refractivity contribution in [3.8, 4) is 0 Å². The largest absolute Gasteiger partial charge is 0.480 e. The Morgan fingerprint density at radius 2 is 2.00 bits per heavy atom. The van der Waals surface area contributed by atoms with E-state index in [2.05, 4.69) is 5.32 Å². The molecular formula is C12H16ClN3O5. The minimum absolute atomic E-state index is 0. The highest BCUT2D eigenvalue weighted by atomic mass is 35.5. The molecule has 0 spiro atoms. The SMILES string of the molecule is CC(C(=O)O)N(C)CC(=O)Nc1ccccc1[N+](=O)[O-].Cl. The third-order valence-electron chi connectivity index (χ3n) is 2.79. The van der Waals surface area contributed by atoms with Crippen LogP contribution in [-0.4, -0.2) is 46.4 Å². The van der Waals surface area contributed by atoms with Gasteiger partial charge in [-0.2, -0.15) is 0 Å². The maximum Gasteiger partial charge on any atom is 0.320 e. The van der Waals surface area contributed by atoms with E-state index < -0.39 is 22.8 Å². The molecule has 0 aliphatic heterocycles. The summed E-state index contributed by atoms with van der Waals surface area (Å²) in [6, 6.07) is 4.92. The number of carboxylic acid groups (broad SMARTS) is 1. The van der Waals surface area contributed by atoms with Crippen LogP contribution in [-0.2, 0) is 9.59 Å².